The number of hydrogen-bond acceptors (Lipinski definition) is 11. The first-order valence-electron chi connectivity index (χ1n) is 20.6. The molecule has 0 bridgehead atoms. The molecule has 1 aliphatic heterocycles. The highest BCUT2D eigenvalue weighted by molar-refractivity contribution is 9.09. The van der Waals surface area contributed by atoms with Crippen LogP contribution in [0.25, 0.3) is 0 Å². The topological polar surface area (TPSA) is 238 Å². The quantitative estimate of drug-likeness (QED) is 0.128. The van der Waals surface area contributed by atoms with Gasteiger partial charge in [0.05, 0.1) is 30.7 Å². The summed E-state index contributed by atoms with van der Waals surface area (Å²) in [5, 5.41) is 49.2. The van der Waals surface area contributed by atoms with Gasteiger partial charge in [0, 0.05) is 40.0 Å². The van der Waals surface area contributed by atoms with Crippen molar-refractivity contribution < 1.29 is 58.7 Å². The summed E-state index contributed by atoms with van der Waals surface area (Å²) in [5.41, 5.74) is 1.33. The molecule has 15 nitrogen and oxygen atoms in total. The van der Waals surface area contributed by atoms with Gasteiger partial charge >= 0.3 is 5.97 Å². The molecule has 1 heterocycles. The van der Waals surface area contributed by atoms with Gasteiger partial charge in [0.2, 0.25) is 17.7 Å². The number of carboxylic acids is 1. The van der Waals surface area contributed by atoms with E-state index in [0.717, 1.165) is 29.5 Å². The first-order chi connectivity index (χ1) is 29.1. The van der Waals surface area contributed by atoms with Gasteiger partial charge < -0.3 is 45.9 Å². The van der Waals surface area contributed by atoms with E-state index < -0.39 is 96.6 Å². The molecular formula is C45H52BrN3O12. The number of aliphatic carboxylic acids is 1. The highest BCUT2D eigenvalue weighted by Gasteiger charge is 2.75. The number of alkyl halides is 1. The van der Waals surface area contributed by atoms with Crippen LogP contribution in [0.3, 0.4) is 0 Å². The van der Waals surface area contributed by atoms with Gasteiger partial charge in [0.25, 0.3) is 0 Å². The molecule has 61 heavy (non-hydrogen) atoms. The summed E-state index contributed by atoms with van der Waals surface area (Å²) >= 11 is 2.98. The maximum absolute atomic E-state index is 13.9. The molecule has 1 saturated heterocycles. The predicted octanol–water partition coefficient (Wildman–Crippen LogP) is 3.17. The van der Waals surface area contributed by atoms with Crippen LogP contribution in [0.1, 0.15) is 80.9 Å². The number of aliphatic hydroxyl groups is 3. The number of aliphatic hydroxyl groups excluding tert-OH is 3. The summed E-state index contributed by atoms with van der Waals surface area (Å²) in [6, 6.07) is 11.4. The van der Waals surface area contributed by atoms with Crippen LogP contribution < -0.4 is 16.0 Å². The van der Waals surface area contributed by atoms with E-state index in [1.807, 2.05) is 37.3 Å². The second-order valence-corrected chi connectivity index (χ2v) is 17.9. The Hall–Kier alpha value is -4.58. The van der Waals surface area contributed by atoms with Crippen molar-refractivity contribution in [2.24, 2.45) is 28.6 Å². The van der Waals surface area contributed by atoms with E-state index in [1.165, 1.54) is 0 Å². The fourth-order valence-corrected chi connectivity index (χ4v) is 11.3. The largest absolute Gasteiger partial charge is 0.481 e. The van der Waals surface area contributed by atoms with E-state index in [9.17, 15) is 49.2 Å². The van der Waals surface area contributed by atoms with Gasteiger partial charge in [-0.05, 0) is 79.7 Å². The summed E-state index contributed by atoms with van der Waals surface area (Å²) in [6.45, 7) is 2.53. The minimum absolute atomic E-state index is 0.0202. The number of nitrogens with one attached hydrogen (secondary N) is 3. The molecule has 2 aromatic rings. The third-order valence-electron chi connectivity index (χ3n) is 13.9. The molecule has 16 heteroatoms. The summed E-state index contributed by atoms with van der Waals surface area (Å²) in [7, 11) is 0. The number of carboxylic acid groups (broad SMARTS) is 1. The zero-order valence-electron chi connectivity index (χ0n) is 34.0. The van der Waals surface area contributed by atoms with Crippen molar-refractivity contribution in [3.63, 3.8) is 0 Å². The molecule has 7 N–H and O–H groups in total. The van der Waals surface area contributed by atoms with Crippen LogP contribution in [0, 0.1) is 28.6 Å². The van der Waals surface area contributed by atoms with Gasteiger partial charge in [-0.2, -0.15) is 0 Å². The van der Waals surface area contributed by atoms with E-state index in [2.05, 4.69) is 38.8 Å². The Labute approximate surface area is 361 Å². The van der Waals surface area contributed by atoms with Crippen LogP contribution in [-0.2, 0) is 51.3 Å². The van der Waals surface area contributed by atoms with Crippen molar-refractivity contribution in [1.82, 2.24) is 10.6 Å². The maximum atomic E-state index is 13.9. The number of fused-ring (bicyclic) bond motifs is 7. The number of carbonyl (C=O) groups is 6. The molecule has 0 spiro atoms. The molecule has 5 aliphatic rings. The van der Waals surface area contributed by atoms with Gasteiger partial charge in [-0.25, -0.2) is 0 Å². The van der Waals surface area contributed by atoms with Crippen LogP contribution in [0.5, 0.6) is 0 Å². The number of anilines is 1. The minimum Gasteiger partial charge on any atom is -0.481 e. The van der Waals surface area contributed by atoms with Crippen LogP contribution in [-0.4, -0.2) is 98.0 Å². The van der Waals surface area contributed by atoms with Gasteiger partial charge in [-0.3, -0.25) is 28.8 Å². The lowest BCUT2D eigenvalue weighted by Gasteiger charge is -2.59. The Morgan fingerprint density at radius 3 is 2.44 bits per heavy atom. The molecule has 7 rings (SSSR count). The molecule has 4 aliphatic carbocycles. The average molecular weight is 907 g/mol. The van der Waals surface area contributed by atoms with Gasteiger partial charge in [-0.1, -0.05) is 77.8 Å². The SMILES string of the molecule is C[C@]12C=CC(=O)C=C1CC[C@@H]1[C@@H]2[C@@H](O)C[C@@]2(C)[C@H]1C[C@H]1O[C@@H](c3ccc(Cc4ccc(NC(=O)[C@H](CCC(=O)O)NC(=O)CNC(=O)CBr)c(CO)c4)cc3)O[C@]12C(=O)CO. The highest BCUT2D eigenvalue weighted by atomic mass is 79.9. The molecule has 0 radical (unpaired) electrons. The molecule has 2 aromatic carbocycles. The van der Waals surface area contributed by atoms with E-state index >= 15 is 0 Å². The fraction of sp³-hybridized carbons (Fsp3) is 0.511. The molecule has 0 aromatic heterocycles. The van der Waals surface area contributed by atoms with Crippen LogP contribution >= 0.6 is 15.9 Å². The zero-order valence-corrected chi connectivity index (χ0v) is 35.6. The number of carbonyl (C=O) groups excluding carboxylic acids is 5. The monoisotopic (exact) mass is 905 g/mol. The fourth-order valence-electron chi connectivity index (χ4n) is 11.1. The lowest BCUT2D eigenvalue weighted by Crippen LogP contribution is -2.63. The molecular weight excluding hydrogens is 854 g/mol. The Morgan fingerprint density at radius 2 is 1.75 bits per heavy atom. The second kappa shape index (κ2) is 17.7. The summed E-state index contributed by atoms with van der Waals surface area (Å²) in [6.07, 6.45) is 5.06. The smallest absolute Gasteiger partial charge is 0.303 e. The van der Waals surface area contributed by atoms with Crippen LogP contribution in [0.15, 0.2) is 66.3 Å². The summed E-state index contributed by atoms with van der Waals surface area (Å²) in [4.78, 5) is 74.6. The summed E-state index contributed by atoms with van der Waals surface area (Å²) < 4.78 is 13.3. The summed E-state index contributed by atoms with van der Waals surface area (Å²) in [5.74, 6) is -3.59. The Morgan fingerprint density at radius 1 is 1.02 bits per heavy atom. The van der Waals surface area contributed by atoms with Crippen molar-refractivity contribution in [1.29, 1.82) is 0 Å². The minimum atomic E-state index is -1.47. The Kier molecular flexibility index (Phi) is 12.9. The van der Waals surface area contributed by atoms with Gasteiger partial charge in [0.1, 0.15) is 12.6 Å². The van der Waals surface area contributed by atoms with Crippen molar-refractivity contribution in [2.75, 3.05) is 23.8 Å². The molecule has 4 fully saturated rings. The number of Topliss-reactive ketones (excluding diaryl/α,β-unsaturated/α-hetero) is 1. The van der Waals surface area contributed by atoms with Crippen molar-refractivity contribution in [3.05, 3.63) is 88.5 Å². The normalized spacial score (nSPS) is 31.4. The zero-order chi connectivity index (χ0) is 43.9. The Balaban J connectivity index is 1.03. The van der Waals surface area contributed by atoms with E-state index in [1.54, 1.807) is 30.4 Å². The number of rotatable bonds is 15. The molecule has 3 amide bonds. The van der Waals surface area contributed by atoms with E-state index in [4.69, 9.17) is 9.47 Å². The lowest BCUT2D eigenvalue weighted by atomic mass is 9.46. The van der Waals surface area contributed by atoms with Gasteiger partial charge in [-0.15, -0.1) is 0 Å². The standard InChI is InChI=1S/C45H52BrN3O12/c1-43-14-13-29(52)17-28(43)8-9-30-31-18-36-45(35(54)23-51,44(31,2)19-34(53)40(30)43)61-42(60-36)26-6-3-24(4-7-26)15-25-5-10-32(27(16-25)22-50)49-41(59)33(11-12-39(57)58)48-38(56)21-47-37(55)20-46/h3-7,10,13-14,16-17,30-31,33-34,36,40,42,50-51,53H,8-9,11-12,15,18-23H2,1-2H3,(H,47,55)(H,48,56)(H,49,59)(H,57,58)/t30-,31-,33-,34-,36+,40+,42+,43-,44-,45+/m0/s1. The van der Waals surface area contributed by atoms with Crippen molar-refractivity contribution in [2.45, 2.75) is 95.5 Å². The lowest BCUT2D eigenvalue weighted by molar-refractivity contribution is -0.201. The number of ether oxygens (including phenoxy) is 2. The number of benzene rings is 2. The second-order valence-electron chi connectivity index (χ2n) is 17.4. The number of hydrogen-bond donors (Lipinski definition) is 7. The van der Waals surface area contributed by atoms with E-state index in [-0.39, 0.29) is 47.4 Å². The average Bonchev–Trinajstić information content (AvgIpc) is 3.74. The Bertz CT molecular complexity index is 2160. The van der Waals surface area contributed by atoms with Gasteiger partial charge in [0.15, 0.2) is 23.5 Å². The third-order valence-corrected chi connectivity index (χ3v) is 14.4. The molecule has 3 saturated carbocycles. The number of ketones is 2. The molecule has 326 valence electrons. The maximum Gasteiger partial charge on any atom is 0.303 e. The van der Waals surface area contributed by atoms with Crippen LogP contribution in [0.4, 0.5) is 5.69 Å². The number of amides is 3. The molecule has 0 unspecified atom stereocenters. The van der Waals surface area contributed by atoms with Crippen LogP contribution in [0.2, 0.25) is 0 Å². The van der Waals surface area contributed by atoms with Crippen molar-refractivity contribution >= 4 is 56.9 Å². The third kappa shape index (κ3) is 8.25. The predicted molar refractivity (Wildman–Crippen MR) is 223 cm³/mol. The number of allylic oxidation sites excluding steroid dienone is 4. The highest BCUT2D eigenvalue weighted by Crippen LogP contribution is 2.70. The van der Waals surface area contributed by atoms with E-state index in [0.29, 0.717) is 24.0 Å². The molecule has 10 atom stereocenters. The first kappa shape index (κ1) is 44.5. The van der Waals surface area contributed by atoms with Crippen molar-refractivity contribution in [3.8, 4) is 0 Å². The number of halogens is 1. The first-order valence-corrected chi connectivity index (χ1v) is 21.7.